The number of fused-ring (bicyclic) bond motifs is 1. The summed E-state index contributed by atoms with van der Waals surface area (Å²) in [7, 11) is 3.30. The van der Waals surface area contributed by atoms with Gasteiger partial charge >= 0.3 is 0 Å². The number of carbonyl (C=O) groups excluding carboxylic acids is 1. The van der Waals surface area contributed by atoms with Gasteiger partial charge in [0.1, 0.15) is 11.0 Å². The average molecular weight is 575 g/mol. The second-order valence-electron chi connectivity index (χ2n) is 9.46. The number of methoxy groups -OCH3 is 2. The molecule has 5 rings (SSSR count). The Morgan fingerprint density at radius 3 is 2.48 bits per heavy atom. The minimum atomic E-state index is -0.0799. The van der Waals surface area contributed by atoms with Gasteiger partial charge in [0.2, 0.25) is 0 Å². The third-order valence-corrected chi connectivity index (χ3v) is 7.91. The molecule has 1 aromatic heterocycles. The number of thioether (sulfide) groups is 1. The van der Waals surface area contributed by atoms with Crippen molar-refractivity contribution in [2.45, 2.75) is 30.3 Å². The van der Waals surface area contributed by atoms with Gasteiger partial charge < -0.3 is 19.7 Å². The largest absolute Gasteiger partial charge is 0.493 e. The van der Waals surface area contributed by atoms with Gasteiger partial charge in [0, 0.05) is 37.0 Å². The number of nitrogens with zero attached hydrogens (tertiary/aromatic N) is 3. The van der Waals surface area contributed by atoms with Crippen LogP contribution in [0, 0.1) is 0 Å². The van der Waals surface area contributed by atoms with Crippen molar-refractivity contribution in [1.29, 1.82) is 0 Å². The number of ether oxygens (including phenoxy) is 2. The van der Waals surface area contributed by atoms with Crippen LogP contribution in [0.15, 0.2) is 78.0 Å². The summed E-state index contributed by atoms with van der Waals surface area (Å²) in [4.78, 5) is 24.2. The highest BCUT2D eigenvalue weighted by atomic mass is 35.5. The van der Waals surface area contributed by atoms with E-state index < -0.39 is 0 Å². The van der Waals surface area contributed by atoms with Crippen LogP contribution in [0.2, 0.25) is 5.15 Å². The summed E-state index contributed by atoms with van der Waals surface area (Å²) >= 11 is 7.91. The van der Waals surface area contributed by atoms with Crippen molar-refractivity contribution in [2.75, 3.05) is 32.2 Å². The fraction of sp³-hybridized carbons (Fsp3) is 0.258. The van der Waals surface area contributed by atoms with Crippen molar-refractivity contribution in [3.05, 3.63) is 106 Å². The first kappa shape index (κ1) is 27.8. The van der Waals surface area contributed by atoms with E-state index in [9.17, 15) is 4.79 Å². The van der Waals surface area contributed by atoms with E-state index >= 15 is 0 Å². The molecule has 40 heavy (non-hydrogen) atoms. The van der Waals surface area contributed by atoms with Crippen LogP contribution in [0.5, 0.6) is 11.5 Å². The van der Waals surface area contributed by atoms with Gasteiger partial charge in [0.15, 0.2) is 16.7 Å². The van der Waals surface area contributed by atoms with Crippen LogP contribution in [0.1, 0.15) is 32.6 Å². The number of hydrogen-bond acceptors (Lipinski definition) is 7. The molecule has 0 unspecified atom stereocenters. The zero-order chi connectivity index (χ0) is 27.9. The van der Waals surface area contributed by atoms with Crippen molar-refractivity contribution in [3.63, 3.8) is 0 Å². The summed E-state index contributed by atoms with van der Waals surface area (Å²) in [6.07, 6.45) is 1.65. The van der Waals surface area contributed by atoms with E-state index in [0.29, 0.717) is 40.5 Å². The molecule has 0 saturated heterocycles. The first-order valence-corrected chi connectivity index (χ1v) is 14.5. The monoisotopic (exact) mass is 574 g/mol. The number of halogens is 1. The number of anilines is 1. The highest BCUT2D eigenvalue weighted by molar-refractivity contribution is 7.98. The lowest BCUT2D eigenvalue weighted by Crippen LogP contribution is -2.31. The van der Waals surface area contributed by atoms with E-state index in [-0.39, 0.29) is 5.91 Å². The SMILES string of the molecule is COc1cc2c(cc1OC)CN(c1cc(Cl)nc(SCc3cccc(C(=O)NCCc4ccccc4)c3)n1)CC2. The van der Waals surface area contributed by atoms with Crippen LogP contribution in [0.25, 0.3) is 0 Å². The number of nitrogens with one attached hydrogen (secondary N) is 1. The minimum absolute atomic E-state index is 0.0799. The quantitative estimate of drug-likeness (QED) is 0.142. The maximum absolute atomic E-state index is 12.7. The van der Waals surface area contributed by atoms with Crippen molar-refractivity contribution in [3.8, 4) is 11.5 Å². The van der Waals surface area contributed by atoms with E-state index in [1.165, 1.54) is 28.5 Å². The van der Waals surface area contributed by atoms with Crippen molar-refractivity contribution < 1.29 is 14.3 Å². The van der Waals surface area contributed by atoms with Gasteiger partial charge in [-0.3, -0.25) is 4.79 Å². The molecule has 1 amide bonds. The predicted octanol–water partition coefficient (Wildman–Crippen LogP) is 5.97. The van der Waals surface area contributed by atoms with Gasteiger partial charge in [-0.2, -0.15) is 0 Å². The molecule has 0 saturated carbocycles. The Morgan fingerprint density at radius 2 is 1.70 bits per heavy atom. The molecular weight excluding hydrogens is 544 g/mol. The smallest absolute Gasteiger partial charge is 0.251 e. The fourth-order valence-electron chi connectivity index (χ4n) is 4.71. The molecule has 206 valence electrons. The minimum Gasteiger partial charge on any atom is -0.493 e. The van der Waals surface area contributed by atoms with E-state index in [4.69, 9.17) is 26.1 Å². The summed E-state index contributed by atoms with van der Waals surface area (Å²) in [5.74, 6) is 2.78. The second kappa shape index (κ2) is 13.1. The van der Waals surface area contributed by atoms with Gasteiger partial charge in [-0.25, -0.2) is 9.97 Å². The number of aromatic nitrogens is 2. The standard InChI is InChI=1S/C31H31ClN4O3S/c1-38-26-16-23-12-14-36(19-25(23)17-27(26)39-2)29-18-28(32)34-31(35-29)40-20-22-9-6-10-24(15-22)30(37)33-13-11-21-7-4-3-5-8-21/h3-10,15-18H,11-14,19-20H2,1-2H3,(H,33,37). The van der Waals surface area contributed by atoms with Crippen LogP contribution < -0.4 is 19.7 Å². The average Bonchev–Trinajstić information content (AvgIpc) is 2.99. The highest BCUT2D eigenvalue weighted by Gasteiger charge is 2.21. The summed E-state index contributed by atoms with van der Waals surface area (Å²) in [6.45, 7) is 2.08. The number of benzene rings is 3. The molecule has 1 N–H and O–H groups in total. The van der Waals surface area contributed by atoms with Gasteiger partial charge in [0.05, 0.1) is 14.2 Å². The zero-order valence-corrected chi connectivity index (χ0v) is 24.1. The molecule has 3 aromatic carbocycles. The molecule has 0 bridgehead atoms. The van der Waals surface area contributed by atoms with Crippen molar-refractivity contribution >= 4 is 35.1 Å². The Hall–Kier alpha value is -3.75. The molecule has 4 aromatic rings. The lowest BCUT2D eigenvalue weighted by atomic mass is 9.99. The van der Waals surface area contributed by atoms with Gasteiger partial charge in [-0.05, 0) is 59.4 Å². The van der Waals surface area contributed by atoms with E-state index in [2.05, 4.69) is 33.4 Å². The van der Waals surface area contributed by atoms with Crippen LogP contribution in [-0.4, -0.2) is 43.2 Å². The van der Waals surface area contributed by atoms with Crippen molar-refractivity contribution in [1.82, 2.24) is 15.3 Å². The highest BCUT2D eigenvalue weighted by Crippen LogP contribution is 2.35. The van der Waals surface area contributed by atoms with E-state index in [0.717, 1.165) is 36.5 Å². The first-order valence-electron chi connectivity index (χ1n) is 13.1. The Kier molecular flexibility index (Phi) is 9.08. The number of carbonyl (C=O) groups is 1. The lowest BCUT2D eigenvalue weighted by Gasteiger charge is -2.30. The molecule has 0 aliphatic carbocycles. The summed E-state index contributed by atoms with van der Waals surface area (Å²) in [6, 6.07) is 23.7. The number of rotatable bonds is 10. The van der Waals surface area contributed by atoms with Gasteiger partial charge in [-0.1, -0.05) is 65.8 Å². The van der Waals surface area contributed by atoms with Crippen LogP contribution in [0.3, 0.4) is 0 Å². The molecule has 1 aliphatic rings. The maximum atomic E-state index is 12.7. The molecule has 1 aliphatic heterocycles. The molecule has 0 atom stereocenters. The zero-order valence-electron chi connectivity index (χ0n) is 22.5. The topological polar surface area (TPSA) is 76.6 Å². The van der Waals surface area contributed by atoms with Crippen LogP contribution in [0.4, 0.5) is 5.82 Å². The lowest BCUT2D eigenvalue weighted by molar-refractivity contribution is 0.0954. The Bertz CT molecular complexity index is 1490. The Labute approximate surface area is 243 Å². The predicted molar refractivity (Wildman–Crippen MR) is 160 cm³/mol. The van der Waals surface area contributed by atoms with Crippen LogP contribution in [-0.2, 0) is 25.1 Å². The molecule has 2 heterocycles. The molecule has 0 fully saturated rings. The number of hydrogen-bond donors (Lipinski definition) is 1. The summed E-state index contributed by atoms with van der Waals surface area (Å²) in [5, 5.41) is 4.01. The molecular formula is C31H31ClN4O3S. The maximum Gasteiger partial charge on any atom is 0.251 e. The Morgan fingerprint density at radius 1 is 0.950 bits per heavy atom. The summed E-state index contributed by atoms with van der Waals surface area (Å²) in [5.41, 5.74) is 5.26. The van der Waals surface area contributed by atoms with E-state index in [1.807, 2.05) is 48.5 Å². The fourth-order valence-corrected chi connectivity index (χ4v) is 5.73. The molecule has 0 radical (unpaired) electrons. The normalized spacial score (nSPS) is 12.5. The third-order valence-electron chi connectivity index (χ3n) is 6.80. The van der Waals surface area contributed by atoms with Gasteiger partial charge in [0.25, 0.3) is 5.91 Å². The molecule has 9 heteroatoms. The van der Waals surface area contributed by atoms with Crippen LogP contribution >= 0.6 is 23.4 Å². The second-order valence-corrected chi connectivity index (χ2v) is 10.8. The van der Waals surface area contributed by atoms with Crippen molar-refractivity contribution in [2.24, 2.45) is 0 Å². The third kappa shape index (κ3) is 6.87. The number of amides is 1. The Balaban J connectivity index is 1.21. The summed E-state index contributed by atoms with van der Waals surface area (Å²) < 4.78 is 11.0. The van der Waals surface area contributed by atoms with Gasteiger partial charge in [-0.15, -0.1) is 0 Å². The first-order chi connectivity index (χ1) is 19.5. The molecule has 7 nitrogen and oxygen atoms in total. The molecule has 0 spiro atoms. The van der Waals surface area contributed by atoms with E-state index in [1.54, 1.807) is 20.3 Å².